The van der Waals surface area contributed by atoms with E-state index in [1.54, 1.807) is 0 Å². The largest absolute Gasteiger partial charge is 0.252 e. The Morgan fingerprint density at radius 2 is 0.864 bits per heavy atom. The summed E-state index contributed by atoms with van der Waals surface area (Å²) in [7, 11) is 0. The number of rotatable bonds is 25. The third-order valence-corrected chi connectivity index (χ3v) is 8.35. The molecule has 0 saturated heterocycles. The van der Waals surface area contributed by atoms with Crippen LogP contribution >= 0.6 is 0 Å². The molecule has 2 aromatic rings. The van der Waals surface area contributed by atoms with Crippen LogP contribution in [0.5, 0.6) is 0 Å². The zero-order valence-corrected chi connectivity index (χ0v) is 29.0. The Bertz CT molecular complexity index is 1090. The molecule has 0 aliphatic rings. The average molecular weight is 597 g/mol. The summed E-state index contributed by atoms with van der Waals surface area (Å²) in [5, 5.41) is 0. The number of unbranched alkanes of at least 4 members (excludes halogenated alkanes) is 16. The molecule has 0 bridgehead atoms. The summed E-state index contributed by atoms with van der Waals surface area (Å²) in [4.78, 5) is 10.1. The summed E-state index contributed by atoms with van der Waals surface area (Å²) < 4.78 is 0. The first-order chi connectivity index (χ1) is 21.7. The van der Waals surface area contributed by atoms with Crippen molar-refractivity contribution >= 4 is 35.0 Å². The van der Waals surface area contributed by atoms with Gasteiger partial charge in [0.2, 0.25) is 0 Å². The highest BCUT2D eigenvalue weighted by molar-refractivity contribution is 6.42. The van der Waals surface area contributed by atoms with Gasteiger partial charge in [0.15, 0.2) is 0 Å². The molecule has 2 heteroatoms. The average Bonchev–Trinajstić information content (AvgIpc) is 3.04. The number of hydrogen-bond acceptors (Lipinski definition) is 2. The Balaban J connectivity index is 1.90. The van der Waals surface area contributed by atoms with Crippen molar-refractivity contribution in [2.45, 2.75) is 156 Å². The Kier molecular flexibility index (Phi) is 21.8. The lowest BCUT2D eigenvalue weighted by atomic mass is 10.1. The molecule has 2 nitrogen and oxygen atoms in total. The van der Waals surface area contributed by atoms with Gasteiger partial charge in [-0.05, 0) is 80.8 Å². The molecule has 44 heavy (non-hydrogen) atoms. The predicted octanol–water partition coefficient (Wildman–Crippen LogP) is 14.4. The van der Waals surface area contributed by atoms with E-state index < -0.39 is 0 Å². The molecule has 0 saturated carbocycles. The zero-order valence-electron chi connectivity index (χ0n) is 29.0. The van der Waals surface area contributed by atoms with Crippen LogP contribution in [0.15, 0.2) is 70.7 Å². The number of benzene rings is 2. The number of hydrogen-bond donors (Lipinski definition) is 0. The summed E-state index contributed by atoms with van der Waals surface area (Å²) in [6, 6.07) is 17.3. The van der Waals surface area contributed by atoms with E-state index >= 15 is 0 Å². The second-order valence-corrected chi connectivity index (χ2v) is 12.5. The molecule has 0 N–H and O–H groups in total. The van der Waals surface area contributed by atoms with E-state index in [0.29, 0.717) is 0 Å². The van der Waals surface area contributed by atoms with Gasteiger partial charge in [0, 0.05) is 0 Å². The standard InChI is InChI=1S/C42H64N2/c1-5-8-11-13-15-17-19-21-24-26-38-29-33-40(34-30-38)43-37(4)42(28-23-10-7-3)44-41-35-31-39(32-36-41)27-25-22-20-18-16-14-12-9-6-2/h24-27,29-36H,5-23,28H2,1-4H3. The lowest BCUT2D eigenvalue weighted by molar-refractivity contribution is 0.592. The third kappa shape index (κ3) is 18.2. The molecule has 0 aromatic heterocycles. The quantitative estimate of drug-likeness (QED) is 0.0804. The van der Waals surface area contributed by atoms with Crippen LogP contribution in [-0.4, -0.2) is 11.4 Å². The maximum absolute atomic E-state index is 5.07. The van der Waals surface area contributed by atoms with Gasteiger partial charge in [-0.3, -0.25) is 9.98 Å². The molecule has 0 aliphatic carbocycles. The van der Waals surface area contributed by atoms with Gasteiger partial charge in [0.05, 0.1) is 22.8 Å². The molecule has 0 aliphatic heterocycles. The van der Waals surface area contributed by atoms with Crippen LogP contribution in [-0.2, 0) is 0 Å². The minimum Gasteiger partial charge on any atom is -0.252 e. The zero-order chi connectivity index (χ0) is 31.5. The van der Waals surface area contributed by atoms with Crippen LogP contribution in [0, 0.1) is 0 Å². The van der Waals surface area contributed by atoms with Crippen molar-refractivity contribution in [1.29, 1.82) is 0 Å². The molecule has 0 spiro atoms. The van der Waals surface area contributed by atoms with Crippen molar-refractivity contribution in [3.63, 3.8) is 0 Å². The fraction of sp³-hybridized carbons (Fsp3) is 0.571. The van der Waals surface area contributed by atoms with E-state index in [2.05, 4.69) is 101 Å². The molecule has 2 rings (SSSR count). The highest BCUT2D eigenvalue weighted by atomic mass is 14.8. The third-order valence-electron chi connectivity index (χ3n) is 8.35. The Morgan fingerprint density at radius 3 is 1.32 bits per heavy atom. The highest BCUT2D eigenvalue weighted by Gasteiger charge is 2.06. The van der Waals surface area contributed by atoms with Crippen molar-refractivity contribution in [2.24, 2.45) is 9.98 Å². The van der Waals surface area contributed by atoms with Crippen molar-refractivity contribution in [1.82, 2.24) is 0 Å². The van der Waals surface area contributed by atoms with E-state index in [-0.39, 0.29) is 0 Å². The normalized spacial score (nSPS) is 12.6. The van der Waals surface area contributed by atoms with E-state index in [9.17, 15) is 0 Å². The molecular weight excluding hydrogens is 532 g/mol. The minimum atomic E-state index is 0.961. The maximum atomic E-state index is 5.07. The number of allylic oxidation sites excluding steroid dienone is 2. The van der Waals surface area contributed by atoms with Gasteiger partial charge in [-0.25, -0.2) is 0 Å². The van der Waals surface area contributed by atoms with Crippen molar-refractivity contribution < 1.29 is 0 Å². The molecular formula is C42H64N2. The fourth-order valence-electron chi connectivity index (χ4n) is 5.47. The second-order valence-electron chi connectivity index (χ2n) is 12.5. The van der Waals surface area contributed by atoms with Gasteiger partial charge in [0.1, 0.15) is 0 Å². The smallest absolute Gasteiger partial charge is 0.0634 e. The topological polar surface area (TPSA) is 24.7 Å². The lowest BCUT2D eigenvalue weighted by Crippen LogP contribution is -2.10. The first kappa shape index (κ1) is 37.4. The van der Waals surface area contributed by atoms with Gasteiger partial charge >= 0.3 is 0 Å². The minimum absolute atomic E-state index is 0.961. The summed E-state index contributed by atoms with van der Waals surface area (Å²) in [5.74, 6) is 0. The van der Waals surface area contributed by atoms with Gasteiger partial charge in [-0.1, -0.05) is 159 Å². The summed E-state index contributed by atoms with van der Waals surface area (Å²) >= 11 is 0. The Hall–Kier alpha value is -2.74. The molecule has 0 atom stereocenters. The van der Waals surface area contributed by atoms with Crippen LogP contribution in [0.3, 0.4) is 0 Å². The molecule has 0 radical (unpaired) electrons. The van der Waals surface area contributed by atoms with Crippen LogP contribution < -0.4 is 0 Å². The van der Waals surface area contributed by atoms with E-state index in [1.165, 1.54) is 127 Å². The van der Waals surface area contributed by atoms with Crippen LogP contribution in [0.25, 0.3) is 12.2 Å². The molecule has 2 aromatic carbocycles. The second kappa shape index (κ2) is 25.6. The number of nitrogens with zero attached hydrogens (tertiary/aromatic N) is 2. The molecule has 0 unspecified atom stereocenters. The van der Waals surface area contributed by atoms with Gasteiger partial charge in [-0.15, -0.1) is 0 Å². The summed E-state index contributed by atoms with van der Waals surface area (Å²) in [6.45, 7) is 8.93. The van der Waals surface area contributed by atoms with Gasteiger partial charge in [-0.2, -0.15) is 0 Å². The van der Waals surface area contributed by atoms with Crippen molar-refractivity contribution in [3.05, 3.63) is 71.8 Å². The predicted molar refractivity (Wildman–Crippen MR) is 200 cm³/mol. The van der Waals surface area contributed by atoms with Gasteiger partial charge < -0.3 is 0 Å². The van der Waals surface area contributed by atoms with E-state index in [1.807, 2.05) is 0 Å². The monoisotopic (exact) mass is 597 g/mol. The van der Waals surface area contributed by atoms with Crippen molar-refractivity contribution in [2.75, 3.05) is 0 Å². The van der Waals surface area contributed by atoms with Crippen LogP contribution in [0.2, 0.25) is 0 Å². The lowest BCUT2D eigenvalue weighted by Gasteiger charge is -2.08. The summed E-state index contributed by atoms with van der Waals surface area (Å²) in [6.07, 6.45) is 35.1. The fourth-order valence-corrected chi connectivity index (χ4v) is 5.47. The first-order valence-electron chi connectivity index (χ1n) is 18.3. The molecule has 0 amide bonds. The van der Waals surface area contributed by atoms with E-state index in [0.717, 1.165) is 35.6 Å². The van der Waals surface area contributed by atoms with Gasteiger partial charge in [0.25, 0.3) is 0 Å². The summed E-state index contributed by atoms with van der Waals surface area (Å²) in [5.41, 5.74) is 6.62. The molecule has 0 heterocycles. The molecule has 242 valence electrons. The van der Waals surface area contributed by atoms with E-state index in [4.69, 9.17) is 9.98 Å². The SMILES string of the molecule is CCCCCCCCCC=Cc1ccc(N=C(C)C(CCCCC)=Nc2ccc(C=CCCCCCCCCC)cc2)cc1. The first-order valence-corrected chi connectivity index (χ1v) is 18.3. The number of aliphatic imine (C=N–C) groups is 2. The van der Waals surface area contributed by atoms with Crippen molar-refractivity contribution in [3.8, 4) is 0 Å². The maximum Gasteiger partial charge on any atom is 0.0634 e. The van der Waals surface area contributed by atoms with Crippen LogP contribution in [0.1, 0.15) is 167 Å². The Labute approximate surface area is 272 Å². The van der Waals surface area contributed by atoms with Crippen LogP contribution in [0.4, 0.5) is 11.4 Å². The highest BCUT2D eigenvalue weighted by Crippen LogP contribution is 2.20. The molecule has 0 fully saturated rings. The Morgan fingerprint density at radius 1 is 0.477 bits per heavy atom.